The molecule has 0 aliphatic carbocycles. The second-order valence-corrected chi connectivity index (χ2v) is 21.3. The molecule has 0 saturated heterocycles. The molecule has 0 radical (unpaired) electrons. The maximum Gasteiger partial charge on any atom is 0.306 e. The van der Waals surface area contributed by atoms with Crippen molar-refractivity contribution in [3.05, 3.63) is 36.5 Å². The standard InChI is InChI=1S/C65H120O6/c1-4-7-10-13-16-18-20-22-24-26-28-29-30-31-32-33-34-35-37-38-40-42-44-46-49-52-55-58-64(67)70-61-62(60-69-63(66)57-54-51-48-15-12-9-6-3)71-65(68)59-56-53-50-47-45-43-41-39-36-27-25-23-21-19-17-14-11-8-5-2/h20,22,26,28,30-31,62H,4-19,21,23-25,27,29,32-61H2,1-3H3/b22-20-,28-26-,31-30-. The molecule has 0 saturated carbocycles. The minimum absolute atomic E-state index is 0.0680. The summed E-state index contributed by atoms with van der Waals surface area (Å²) in [5.41, 5.74) is 0. The first-order chi connectivity index (χ1) is 35.0. The zero-order valence-corrected chi connectivity index (χ0v) is 47.8. The Balaban J connectivity index is 4.09. The lowest BCUT2D eigenvalue weighted by Crippen LogP contribution is -2.30. The molecular formula is C65H120O6. The highest BCUT2D eigenvalue weighted by Crippen LogP contribution is 2.17. The van der Waals surface area contributed by atoms with E-state index >= 15 is 0 Å². The molecule has 0 aliphatic heterocycles. The van der Waals surface area contributed by atoms with Crippen LogP contribution in [0.2, 0.25) is 0 Å². The minimum atomic E-state index is -0.767. The molecule has 0 bridgehead atoms. The number of unbranched alkanes of at least 4 members (excludes halogenated alkanes) is 41. The first kappa shape index (κ1) is 68.6. The van der Waals surface area contributed by atoms with Crippen molar-refractivity contribution in [1.82, 2.24) is 0 Å². The highest BCUT2D eigenvalue weighted by molar-refractivity contribution is 5.71. The van der Waals surface area contributed by atoms with Crippen LogP contribution in [0.3, 0.4) is 0 Å². The topological polar surface area (TPSA) is 78.9 Å². The van der Waals surface area contributed by atoms with Crippen molar-refractivity contribution >= 4 is 17.9 Å². The molecule has 6 nitrogen and oxygen atoms in total. The molecule has 0 aromatic heterocycles. The fraction of sp³-hybridized carbons (Fsp3) is 0.862. The number of allylic oxidation sites excluding steroid dienone is 6. The van der Waals surface area contributed by atoms with E-state index in [9.17, 15) is 14.4 Å². The molecule has 0 aromatic rings. The van der Waals surface area contributed by atoms with Crippen molar-refractivity contribution in [1.29, 1.82) is 0 Å². The van der Waals surface area contributed by atoms with E-state index in [1.807, 2.05) is 0 Å². The van der Waals surface area contributed by atoms with Crippen molar-refractivity contribution in [3.8, 4) is 0 Å². The maximum atomic E-state index is 12.8. The maximum absolute atomic E-state index is 12.8. The molecule has 1 unspecified atom stereocenters. The van der Waals surface area contributed by atoms with E-state index in [0.29, 0.717) is 19.3 Å². The van der Waals surface area contributed by atoms with E-state index < -0.39 is 6.10 Å². The van der Waals surface area contributed by atoms with Gasteiger partial charge in [0.15, 0.2) is 6.10 Å². The summed E-state index contributed by atoms with van der Waals surface area (Å²) in [6, 6.07) is 0. The van der Waals surface area contributed by atoms with Crippen LogP contribution >= 0.6 is 0 Å². The van der Waals surface area contributed by atoms with Crippen molar-refractivity contribution in [3.63, 3.8) is 0 Å². The van der Waals surface area contributed by atoms with Crippen LogP contribution in [-0.2, 0) is 28.6 Å². The molecule has 0 fully saturated rings. The van der Waals surface area contributed by atoms with Gasteiger partial charge in [0.05, 0.1) is 0 Å². The largest absolute Gasteiger partial charge is 0.462 e. The highest BCUT2D eigenvalue weighted by Gasteiger charge is 2.19. The second-order valence-electron chi connectivity index (χ2n) is 21.3. The normalized spacial score (nSPS) is 12.2. The van der Waals surface area contributed by atoms with E-state index in [2.05, 4.69) is 57.2 Å². The zero-order chi connectivity index (χ0) is 51.4. The summed E-state index contributed by atoms with van der Waals surface area (Å²) in [5.74, 6) is -0.855. The lowest BCUT2D eigenvalue weighted by Gasteiger charge is -2.18. The van der Waals surface area contributed by atoms with Gasteiger partial charge in [0.2, 0.25) is 0 Å². The summed E-state index contributed by atoms with van der Waals surface area (Å²) >= 11 is 0. The fourth-order valence-electron chi connectivity index (χ4n) is 9.39. The summed E-state index contributed by atoms with van der Waals surface area (Å²) < 4.78 is 16.8. The predicted octanol–water partition coefficient (Wildman–Crippen LogP) is 21.2. The average Bonchev–Trinajstić information content (AvgIpc) is 3.37. The number of hydrogen-bond acceptors (Lipinski definition) is 6. The Morgan fingerprint density at radius 1 is 0.282 bits per heavy atom. The Bertz CT molecular complexity index is 1190. The van der Waals surface area contributed by atoms with Gasteiger partial charge in [-0.15, -0.1) is 0 Å². The lowest BCUT2D eigenvalue weighted by molar-refractivity contribution is -0.167. The highest BCUT2D eigenvalue weighted by atomic mass is 16.6. The predicted molar refractivity (Wildman–Crippen MR) is 307 cm³/mol. The van der Waals surface area contributed by atoms with E-state index in [1.54, 1.807) is 0 Å². The molecule has 0 amide bonds. The summed E-state index contributed by atoms with van der Waals surface area (Å²) in [6.45, 7) is 6.64. The third-order valence-electron chi connectivity index (χ3n) is 14.1. The number of rotatable bonds is 58. The fourth-order valence-corrected chi connectivity index (χ4v) is 9.39. The number of carbonyl (C=O) groups is 3. The van der Waals surface area contributed by atoms with Gasteiger partial charge in [-0.05, 0) is 57.8 Å². The van der Waals surface area contributed by atoms with Gasteiger partial charge in [-0.1, -0.05) is 301 Å². The summed E-state index contributed by atoms with van der Waals surface area (Å²) in [6.07, 6.45) is 73.2. The lowest BCUT2D eigenvalue weighted by atomic mass is 10.0. The van der Waals surface area contributed by atoms with Crippen LogP contribution in [0.5, 0.6) is 0 Å². The van der Waals surface area contributed by atoms with E-state index in [-0.39, 0.29) is 31.1 Å². The SMILES string of the molecule is CCCCCCC/C=C\C/C=C\C/C=C\CCCCCCCCCCCCCCC(=O)OCC(COC(=O)CCCCCCCCC)OC(=O)CCCCCCCCCCCCCCCCCCCCC. The van der Waals surface area contributed by atoms with Crippen molar-refractivity contribution < 1.29 is 28.6 Å². The molecule has 0 spiro atoms. The summed E-state index contributed by atoms with van der Waals surface area (Å²) in [5, 5.41) is 0. The van der Waals surface area contributed by atoms with Crippen LogP contribution < -0.4 is 0 Å². The Hall–Kier alpha value is -2.37. The minimum Gasteiger partial charge on any atom is -0.462 e. The Labute approximate surface area is 442 Å². The van der Waals surface area contributed by atoms with Crippen LogP contribution in [0.25, 0.3) is 0 Å². The third-order valence-corrected chi connectivity index (χ3v) is 14.1. The van der Waals surface area contributed by atoms with Crippen molar-refractivity contribution in [2.24, 2.45) is 0 Å². The molecule has 0 aromatic carbocycles. The molecule has 71 heavy (non-hydrogen) atoms. The number of esters is 3. The molecule has 1 atom stereocenters. The smallest absolute Gasteiger partial charge is 0.306 e. The van der Waals surface area contributed by atoms with Crippen molar-refractivity contribution in [2.75, 3.05) is 13.2 Å². The zero-order valence-electron chi connectivity index (χ0n) is 47.8. The van der Waals surface area contributed by atoms with Crippen LogP contribution in [0.4, 0.5) is 0 Å². The summed E-state index contributed by atoms with van der Waals surface area (Å²) in [7, 11) is 0. The van der Waals surface area contributed by atoms with Gasteiger partial charge < -0.3 is 14.2 Å². The Morgan fingerprint density at radius 2 is 0.507 bits per heavy atom. The van der Waals surface area contributed by atoms with Gasteiger partial charge in [0.1, 0.15) is 13.2 Å². The van der Waals surface area contributed by atoms with Gasteiger partial charge >= 0.3 is 17.9 Å². The molecule has 0 N–H and O–H groups in total. The third kappa shape index (κ3) is 58.4. The first-order valence-electron chi connectivity index (χ1n) is 31.5. The molecule has 0 aliphatic rings. The van der Waals surface area contributed by atoms with E-state index in [0.717, 1.165) is 70.6 Å². The summed E-state index contributed by atoms with van der Waals surface area (Å²) in [4.78, 5) is 38.0. The average molecular weight is 998 g/mol. The first-order valence-corrected chi connectivity index (χ1v) is 31.5. The van der Waals surface area contributed by atoms with Crippen LogP contribution in [-0.4, -0.2) is 37.2 Å². The molecule has 6 heteroatoms. The van der Waals surface area contributed by atoms with Crippen LogP contribution in [0.1, 0.15) is 342 Å². The van der Waals surface area contributed by atoms with Crippen LogP contribution in [0, 0.1) is 0 Å². The number of ether oxygens (including phenoxy) is 3. The van der Waals surface area contributed by atoms with Crippen molar-refractivity contribution in [2.45, 2.75) is 348 Å². The molecule has 0 heterocycles. The van der Waals surface area contributed by atoms with E-state index in [4.69, 9.17) is 14.2 Å². The Morgan fingerprint density at radius 3 is 0.789 bits per heavy atom. The van der Waals surface area contributed by atoms with Gasteiger partial charge in [-0.2, -0.15) is 0 Å². The second kappa shape index (κ2) is 60.2. The molecule has 0 rings (SSSR count). The molecule has 416 valence electrons. The van der Waals surface area contributed by atoms with E-state index in [1.165, 1.54) is 231 Å². The van der Waals surface area contributed by atoms with Crippen LogP contribution in [0.15, 0.2) is 36.5 Å². The molecular weight excluding hydrogens is 877 g/mol. The van der Waals surface area contributed by atoms with Gasteiger partial charge in [0, 0.05) is 19.3 Å². The Kier molecular flexibility index (Phi) is 58.2. The van der Waals surface area contributed by atoms with Gasteiger partial charge in [0.25, 0.3) is 0 Å². The quantitative estimate of drug-likeness (QED) is 0.0261. The number of hydrogen-bond donors (Lipinski definition) is 0. The van der Waals surface area contributed by atoms with Gasteiger partial charge in [-0.25, -0.2) is 0 Å². The number of carbonyl (C=O) groups excluding carboxylic acids is 3. The van der Waals surface area contributed by atoms with Gasteiger partial charge in [-0.3, -0.25) is 14.4 Å². The monoisotopic (exact) mass is 997 g/mol.